The second kappa shape index (κ2) is 6.65. The first-order chi connectivity index (χ1) is 8.03. The summed E-state index contributed by atoms with van der Waals surface area (Å²) >= 11 is 0. The molecule has 0 bridgehead atoms. The maximum absolute atomic E-state index is 10.3. The molecule has 0 radical (unpaired) electrons. The van der Waals surface area contributed by atoms with Crippen molar-refractivity contribution in [1.29, 1.82) is 0 Å². The molecule has 0 spiro atoms. The Morgan fingerprint density at radius 1 is 1.29 bits per heavy atom. The lowest BCUT2D eigenvalue weighted by molar-refractivity contribution is 0.0364. The fourth-order valence-corrected chi connectivity index (χ4v) is 2.19. The number of unbranched alkanes of at least 4 members (excludes halogenated alkanes) is 1. The summed E-state index contributed by atoms with van der Waals surface area (Å²) in [5.74, 6) is 0. The summed E-state index contributed by atoms with van der Waals surface area (Å²) in [4.78, 5) is 0. The molecule has 2 heteroatoms. The standard InChI is InChI=1S/C15H25NO/c1-4-5-11-15(3,17)12-13(2)16-14-9-7-6-8-10-14/h6-10,13,16-17H,4-5,11-12H2,1-3H3. The fraction of sp³-hybridized carbons (Fsp3) is 0.600. The Bertz CT molecular complexity index is 308. The highest BCUT2D eigenvalue weighted by Gasteiger charge is 2.22. The molecule has 0 heterocycles. The van der Waals surface area contributed by atoms with Crippen LogP contribution in [-0.4, -0.2) is 16.7 Å². The molecule has 0 aliphatic carbocycles. The van der Waals surface area contributed by atoms with Crippen molar-refractivity contribution in [3.05, 3.63) is 30.3 Å². The highest BCUT2D eigenvalue weighted by atomic mass is 16.3. The molecule has 17 heavy (non-hydrogen) atoms. The van der Waals surface area contributed by atoms with Gasteiger partial charge in [0.2, 0.25) is 0 Å². The predicted octanol–water partition coefficient (Wildman–Crippen LogP) is 3.82. The summed E-state index contributed by atoms with van der Waals surface area (Å²) in [6, 6.07) is 10.4. The molecule has 2 unspecified atom stereocenters. The Balaban J connectivity index is 2.41. The summed E-state index contributed by atoms with van der Waals surface area (Å²) in [6.07, 6.45) is 3.88. The van der Waals surface area contributed by atoms with Crippen molar-refractivity contribution in [3.63, 3.8) is 0 Å². The van der Waals surface area contributed by atoms with Crippen molar-refractivity contribution >= 4 is 5.69 Å². The van der Waals surface area contributed by atoms with Gasteiger partial charge in [0.25, 0.3) is 0 Å². The van der Waals surface area contributed by atoms with E-state index in [1.165, 1.54) is 0 Å². The molecule has 2 atom stereocenters. The zero-order valence-electron chi connectivity index (χ0n) is 11.2. The predicted molar refractivity (Wildman–Crippen MR) is 74.3 cm³/mol. The van der Waals surface area contributed by atoms with Crippen LogP contribution in [0.5, 0.6) is 0 Å². The van der Waals surface area contributed by atoms with E-state index in [1.54, 1.807) is 0 Å². The Morgan fingerprint density at radius 3 is 2.53 bits per heavy atom. The molecule has 2 N–H and O–H groups in total. The van der Waals surface area contributed by atoms with Gasteiger partial charge in [0.05, 0.1) is 5.60 Å². The van der Waals surface area contributed by atoms with Gasteiger partial charge >= 0.3 is 0 Å². The van der Waals surface area contributed by atoms with Crippen molar-refractivity contribution in [2.24, 2.45) is 0 Å². The quantitative estimate of drug-likeness (QED) is 0.753. The Morgan fingerprint density at radius 2 is 1.94 bits per heavy atom. The molecule has 0 saturated carbocycles. The minimum atomic E-state index is -0.558. The number of aliphatic hydroxyl groups is 1. The third kappa shape index (κ3) is 5.73. The van der Waals surface area contributed by atoms with Crippen molar-refractivity contribution in [2.75, 3.05) is 5.32 Å². The first-order valence-electron chi connectivity index (χ1n) is 6.57. The molecule has 0 amide bonds. The van der Waals surface area contributed by atoms with Gasteiger partial charge in [-0.05, 0) is 38.8 Å². The smallest absolute Gasteiger partial charge is 0.0639 e. The van der Waals surface area contributed by atoms with Gasteiger partial charge in [-0.2, -0.15) is 0 Å². The van der Waals surface area contributed by atoms with E-state index in [0.29, 0.717) is 0 Å². The number of benzene rings is 1. The van der Waals surface area contributed by atoms with Gasteiger partial charge in [0.15, 0.2) is 0 Å². The zero-order valence-corrected chi connectivity index (χ0v) is 11.2. The molecule has 0 aromatic heterocycles. The van der Waals surface area contributed by atoms with E-state index in [-0.39, 0.29) is 6.04 Å². The van der Waals surface area contributed by atoms with E-state index in [1.807, 2.05) is 25.1 Å². The summed E-state index contributed by atoms with van der Waals surface area (Å²) < 4.78 is 0. The number of rotatable bonds is 7. The zero-order chi connectivity index (χ0) is 12.7. The Hall–Kier alpha value is -1.02. The van der Waals surface area contributed by atoms with Gasteiger partial charge in [-0.15, -0.1) is 0 Å². The first-order valence-corrected chi connectivity index (χ1v) is 6.57. The minimum Gasteiger partial charge on any atom is -0.390 e. The lowest BCUT2D eigenvalue weighted by Crippen LogP contribution is -2.32. The second-order valence-corrected chi connectivity index (χ2v) is 5.22. The molecule has 1 rings (SSSR count). The van der Waals surface area contributed by atoms with E-state index >= 15 is 0 Å². The van der Waals surface area contributed by atoms with Crippen molar-refractivity contribution < 1.29 is 5.11 Å². The number of hydrogen-bond donors (Lipinski definition) is 2. The molecular weight excluding hydrogens is 210 g/mol. The summed E-state index contributed by atoms with van der Waals surface area (Å²) in [7, 11) is 0. The normalized spacial score (nSPS) is 16.2. The van der Waals surface area contributed by atoms with E-state index < -0.39 is 5.60 Å². The highest BCUT2D eigenvalue weighted by molar-refractivity contribution is 5.43. The molecule has 96 valence electrons. The fourth-order valence-electron chi connectivity index (χ4n) is 2.19. The van der Waals surface area contributed by atoms with Gasteiger partial charge in [-0.1, -0.05) is 38.0 Å². The lowest BCUT2D eigenvalue weighted by Gasteiger charge is -2.27. The molecular formula is C15H25NO. The van der Waals surface area contributed by atoms with E-state index in [2.05, 4.69) is 31.3 Å². The molecule has 0 saturated heterocycles. The number of hydrogen-bond acceptors (Lipinski definition) is 2. The van der Waals surface area contributed by atoms with Crippen LogP contribution in [0.4, 0.5) is 5.69 Å². The van der Waals surface area contributed by atoms with E-state index in [0.717, 1.165) is 31.4 Å². The third-order valence-corrected chi connectivity index (χ3v) is 3.00. The molecule has 1 aromatic rings. The van der Waals surface area contributed by atoms with Gasteiger partial charge in [0, 0.05) is 11.7 Å². The van der Waals surface area contributed by atoms with Gasteiger partial charge in [0.1, 0.15) is 0 Å². The van der Waals surface area contributed by atoms with Gasteiger partial charge in [-0.3, -0.25) is 0 Å². The Labute approximate surface area is 105 Å². The summed E-state index contributed by atoms with van der Waals surface area (Å²) in [5.41, 5.74) is 0.559. The first kappa shape index (κ1) is 14.0. The number of anilines is 1. The number of nitrogens with one attached hydrogen (secondary N) is 1. The van der Waals surface area contributed by atoms with Gasteiger partial charge in [-0.25, -0.2) is 0 Å². The summed E-state index contributed by atoms with van der Waals surface area (Å²) in [6.45, 7) is 6.21. The average Bonchev–Trinajstić information content (AvgIpc) is 2.27. The van der Waals surface area contributed by atoms with E-state index in [9.17, 15) is 5.11 Å². The van der Waals surface area contributed by atoms with Crippen molar-refractivity contribution in [1.82, 2.24) is 0 Å². The average molecular weight is 235 g/mol. The molecule has 1 aromatic carbocycles. The van der Waals surface area contributed by atoms with Crippen LogP contribution < -0.4 is 5.32 Å². The third-order valence-electron chi connectivity index (χ3n) is 3.00. The SMILES string of the molecule is CCCCC(C)(O)CC(C)Nc1ccccc1. The van der Waals surface area contributed by atoms with Crippen LogP contribution in [0.25, 0.3) is 0 Å². The topological polar surface area (TPSA) is 32.3 Å². The van der Waals surface area contributed by atoms with Crippen LogP contribution in [-0.2, 0) is 0 Å². The van der Waals surface area contributed by atoms with Crippen molar-refractivity contribution in [3.8, 4) is 0 Å². The van der Waals surface area contributed by atoms with Crippen LogP contribution in [0.1, 0.15) is 46.5 Å². The molecule has 2 nitrogen and oxygen atoms in total. The van der Waals surface area contributed by atoms with E-state index in [4.69, 9.17) is 0 Å². The van der Waals surface area contributed by atoms with Crippen LogP contribution >= 0.6 is 0 Å². The largest absolute Gasteiger partial charge is 0.390 e. The molecule has 0 aliphatic rings. The monoisotopic (exact) mass is 235 g/mol. The highest BCUT2D eigenvalue weighted by Crippen LogP contribution is 2.21. The maximum Gasteiger partial charge on any atom is 0.0639 e. The van der Waals surface area contributed by atoms with Crippen LogP contribution in [0.2, 0.25) is 0 Å². The van der Waals surface area contributed by atoms with Crippen LogP contribution in [0.15, 0.2) is 30.3 Å². The molecule has 0 aliphatic heterocycles. The second-order valence-electron chi connectivity index (χ2n) is 5.22. The van der Waals surface area contributed by atoms with Crippen LogP contribution in [0, 0.1) is 0 Å². The Kier molecular flexibility index (Phi) is 5.49. The van der Waals surface area contributed by atoms with Crippen molar-refractivity contribution in [2.45, 2.75) is 58.1 Å². The minimum absolute atomic E-state index is 0.282. The number of para-hydroxylation sites is 1. The van der Waals surface area contributed by atoms with Crippen LogP contribution in [0.3, 0.4) is 0 Å². The lowest BCUT2D eigenvalue weighted by atomic mass is 9.92. The molecule has 0 fully saturated rings. The maximum atomic E-state index is 10.3. The summed E-state index contributed by atoms with van der Waals surface area (Å²) in [5, 5.41) is 13.7. The van der Waals surface area contributed by atoms with Gasteiger partial charge < -0.3 is 10.4 Å².